The summed E-state index contributed by atoms with van der Waals surface area (Å²) < 4.78 is 10.7. The number of benzene rings is 2. The second-order valence-corrected chi connectivity index (χ2v) is 6.88. The predicted octanol–water partition coefficient (Wildman–Crippen LogP) is 3.04. The Kier molecular flexibility index (Phi) is 5.02. The number of carbonyl (C=O) groups is 2. The third kappa shape index (κ3) is 3.71. The number of fused-ring (bicyclic) bond motifs is 2. The molecule has 2 aliphatic heterocycles. The number of carbonyl (C=O) groups excluding carboxylic acids is 2. The molecule has 2 aromatic rings. The number of ether oxygens (including phenoxy) is 2. The summed E-state index contributed by atoms with van der Waals surface area (Å²) in [5.41, 5.74) is 3.10. The molecule has 2 aromatic carbocycles. The summed E-state index contributed by atoms with van der Waals surface area (Å²) >= 11 is 0. The van der Waals surface area contributed by atoms with Crippen LogP contribution in [0.5, 0.6) is 11.5 Å². The summed E-state index contributed by atoms with van der Waals surface area (Å²) in [6.07, 6.45) is 4.59. The van der Waals surface area contributed by atoms with Crippen LogP contribution in [0.3, 0.4) is 0 Å². The van der Waals surface area contributed by atoms with Crippen molar-refractivity contribution in [1.82, 2.24) is 10.2 Å². The number of nitrogens with one attached hydrogen (secondary N) is 1. The molecule has 1 unspecified atom stereocenters. The van der Waals surface area contributed by atoms with Gasteiger partial charge in [0.15, 0.2) is 11.5 Å². The van der Waals surface area contributed by atoms with Crippen LogP contribution in [-0.4, -0.2) is 30.1 Å². The van der Waals surface area contributed by atoms with Gasteiger partial charge in [-0.1, -0.05) is 30.3 Å². The van der Waals surface area contributed by atoms with Gasteiger partial charge >= 0.3 is 0 Å². The third-order valence-electron chi connectivity index (χ3n) is 5.02. The van der Waals surface area contributed by atoms with E-state index >= 15 is 0 Å². The molecule has 144 valence electrons. The maximum Gasteiger partial charge on any atom is 0.231 e. The molecular formula is C22H22N2O4. The Morgan fingerprint density at radius 3 is 2.82 bits per heavy atom. The molecule has 6 heteroatoms. The Bertz CT molecular complexity index is 938. The molecule has 0 aliphatic carbocycles. The molecule has 2 heterocycles. The van der Waals surface area contributed by atoms with Crippen molar-refractivity contribution in [3.8, 4) is 11.5 Å². The first kappa shape index (κ1) is 18.1. The fourth-order valence-electron chi connectivity index (χ4n) is 3.60. The van der Waals surface area contributed by atoms with E-state index in [0.717, 1.165) is 28.2 Å². The van der Waals surface area contributed by atoms with Crippen molar-refractivity contribution in [3.63, 3.8) is 0 Å². The van der Waals surface area contributed by atoms with Crippen LogP contribution in [-0.2, 0) is 16.0 Å². The van der Waals surface area contributed by atoms with Gasteiger partial charge in [0.25, 0.3) is 0 Å². The highest BCUT2D eigenvalue weighted by Gasteiger charge is 2.28. The lowest BCUT2D eigenvalue weighted by Gasteiger charge is -2.32. The average molecular weight is 378 g/mol. The second-order valence-electron chi connectivity index (χ2n) is 6.88. The van der Waals surface area contributed by atoms with E-state index in [0.29, 0.717) is 13.0 Å². The zero-order chi connectivity index (χ0) is 19.5. The molecule has 2 amide bonds. The zero-order valence-corrected chi connectivity index (χ0v) is 15.7. The zero-order valence-electron chi connectivity index (χ0n) is 15.7. The van der Waals surface area contributed by atoms with Crippen molar-refractivity contribution in [2.24, 2.45) is 0 Å². The van der Waals surface area contributed by atoms with E-state index in [1.165, 1.54) is 6.92 Å². The molecule has 1 N–H and O–H groups in total. The first-order chi connectivity index (χ1) is 13.6. The van der Waals surface area contributed by atoms with Gasteiger partial charge in [0.1, 0.15) is 0 Å². The lowest BCUT2D eigenvalue weighted by molar-refractivity contribution is -0.129. The highest BCUT2D eigenvalue weighted by Crippen LogP contribution is 2.33. The van der Waals surface area contributed by atoms with Crippen LogP contribution in [0, 0.1) is 0 Å². The number of nitrogens with zero attached hydrogens (tertiary/aromatic N) is 1. The van der Waals surface area contributed by atoms with Crippen LogP contribution >= 0.6 is 0 Å². The summed E-state index contributed by atoms with van der Waals surface area (Å²) in [5, 5.41) is 2.96. The molecule has 1 atom stereocenters. The number of rotatable bonds is 5. The van der Waals surface area contributed by atoms with Gasteiger partial charge in [-0.2, -0.15) is 0 Å². The highest BCUT2D eigenvalue weighted by atomic mass is 16.7. The number of amides is 2. The van der Waals surface area contributed by atoms with Crippen LogP contribution in [0.2, 0.25) is 0 Å². The first-order valence-corrected chi connectivity index (χ1v) is 9.33. The molecule has 6 nitrogen and oxygen atoms in total. The van der Waals surface area contributed by atoms with Crippen molar-refractivity contribution < 1.29 is 19.1 Å². The summed E-state index contributed by atoms with van der Waals surface area (Å²) in [4.78, 5) is 26.2. The minimum atomic E-state index is -0.288. The minimum absolute atomic E-state index is 0.0797. The van der Waals surface area contributed by atoms with E-state index in [2.05, 4.69) is 5.32 Å². The molecule has 0 saturated carbocycles. The summed E-state index contributed by atoms with van der Waals surface area (Å²) in [7, 11) is 0. The van der Waals surface area contributed by atoms with Gasteiger partial charge in [0.2, 0.25) is 18.6 Å². The number of hydrogen-bond donors (Lipinski definition) is 1. The fourth-order valence-corrected chi connectivity index (χ4v) is 3.60. The fraction of sp³-hybridized carbons (Fsp3) is 0.273. The normalized spacial score (nSPS) is 16.6. The maximum atomic E-state index is 12.5. The quantitative estimate of drug-likeness (QED) is 0.868. The molecular weight excluding hydrogens is 356 g/mol. The Morgan fingerprint density at radius 2 is 1.96 bits per heavy atom. The predicted molar refractivity (Wildman–Crippen MR) is 105 cm³/mol. The molecule has 2 aliphatic rings. The van der Waals surface area contributed by atoms with Crippen LogP contribution < -0.4 is 14.8 Å². The Labute approximate surface area is 163 Å². The lowest BCUT2D eigenvalue weighted by atomic mass is 9.93. The van der Waals surface area contributed by atoms with Gasteiger partial charge in [-0.3, -0.25) is 9.59 Å². The Morgan fingerprint density at radius 1 is 1.14 bits per heavy atom. The highest BCUT2D eigenvalue weighted by molar-refractivity contribution is 5.81. The Balaban J connectivity index is 1.37. The lowest BCUT2D eigenvalue weighted by Crippen LogP contribution is -2.35. The van der Waals surface area contributed by atoms with Crippen LogP contribution in [0.25, 0.3) is 6.08 Å². The molecule has 4 rings (SSSR count). The number of hydrogen-bond acceptors (Lipinski definition) is 4. The average Bonchev–Trinajstić information content (AvgIpc) is 3.16. The van der Waals surface area contributed by atoms with Crippen molar-refractivity contribution in [2.45, 2.75) is 25.8 Å². The second kappa shape index (κ2) is 7.76. The first-order valence-electron chi connectivity index (χ1n) is 9.33. The van der Waals surface area contributed by atoms with E-state index in [-0.39, 0.29) is 31.1 Å². The van der Waals surface area contributed by atoms with Gasteiger partial charge in [-0.25, -0.2) is 0 Å². The molecule has 0 saturated heterocycles. The van der Waals surface area contributed by atoms with Gasteiger partial charge < -0.3 is 19.7 Å². The van der Waals surface area contributed by atoms with Gasteiger partial charge in [-0.15, -0.1) is 0 Å². The standard InChI is InChI=1S/C22H22N2O4/c1-15(25)24-11-9-17-4-2-3-5-18(17)19(24)13-22(26)23-10-8-16-6-7-20-21(12-16)28-14-27-20/h2-7,9,11-12,19H,8,10,13-14H2,1H3,(H,23,26). The largest absolute Gasteiger partial charge is 0.454 e. The molecule has 0 fully saturated rings. The van der Waals surface area contributed by atoms with Gasteiger partial charge in [-0.05, 0) is 41.3 Å². The molecule has 0 bridgehead atoms. The molecule has 0 aromatic heterocycles. The summed E-state index contributed by atoms with van der Waals surface area (Å²) in [5.74, 6) is 1.33. The van der Waals surface area contributed by atoms with E-state index in [9.17, 15) is 9.59 Å². The van der Waals surface area contributed by atoms with E-state index in [1.54, 1.807) is 11.1 Å². The van der Waals surface area contributed by atoms with E-state index < -0.39 is 0 Å². The van der Waals surface area contributed by atoms with Gasteiger partial charge in [0, 0.05) is 19.7 Å². The van der Waals surface area contributed by atoms with E-state index in [4.69, 9.17) is 9.47 Å². The maximum absolute atomic E-state index is 12.5. The summed E-state index contributed by atoms with van der Waals surface area (Å²) in [6.45, 7) is 2.28. The molecule has 28 heavy (non-hydrogen) atoms. The summed E-state index contributed by atoms with van der Waals surface area (Å²) in [6, 6.07) is 13.4. The molecule has 0 spiro atoms. The van der Waals surface area contributed by atoms with Crippen LogP contribution in [0.4, 0.5) is 0 Å². The third-order valence-corrected chi connectivity index (χ3v) is 5.02. The topological polar surface area (TPSA) is 67.9 Å². The minimum Gasteiger partial charge on any atom is -0.454 e. The SMILES string of the molecule is CC(=O)N1C=Cc2ccccc2C1CC(=O)NCCc1ccc2c(c1)OCO2. The van der Waals surface area contributed by atoms with Crippen molar-refractivity contribution in [2.75, 3.05) is 13.3 Å². The van der Waals surface area contributed by atoms with E-state index in [1.807, 2.05) is 48.5 Å². The van der Waals surface area contributed by atoms with Crippen molar-refractivity contribution >= 4 is 17.9 Å². The van der Waals surface area contributed by atoms with Crippen LogP contribution in [0.1, 0.15) is 36.1 Å². The molecule has 0 radical (unpaired) electrons. The van der Waals surface area contributed by atoms with Crippen molar-refractivity contribution in [1.29, 1.82) is 0 Å². The Hall–Kier alpha value is -3.28. The van der Waals surface area contributed by atoms with Crippen LogP contribution in [0.15, 0.2) is 48.7 Å². The smallest absolute Gasteiger partial charge is 0.231 e. The monoisotopic (exact) mass is 378 g/mol. The van der Waals surface area contributed by atoms with Crippen molar-refractivity contribution in [3.05, 3.63) is 65.4 Å². The van der Waals surface area contributed by atoms with Gasteiger partial charge in [0.05, 0.1) is 12.5 Å².